The minimum Gasteiger partial charge on any atom is -0.361 e. The van der Waals surface area contributed by atoms with E-state index in [1.807, 2.05) is 12.3 Å². The van der Waals surface area contributed by atoms with E-state index in [0.29, 0.717) is 5.69 Å². The summed E-state index contributed by atoms with van der Waals surface area (Å²) in [7, 11) is 0. The predicted octanol–water partition coefficient (Wildman–Crippen LogP) is 5.90. The highest BCUT2D eigenvalue weighted by molar-refractivity contribution is 6.04. The molecule has 0 aliphatic rings. The Morgan fingerprint density at radius 2 is 1.81 bits per heavy atom. The highest BCUT2D eigenvalue weighted by Crippen LogP contribution is 2.38. The van der Waals surface area contributed by atoms with Crippen LogP contribution < -0.4 is 0 Å². The number of fused-ring (bicyclic) bond motifs is 1. The standard InChI is InChI=1S/C23H22N2O/c1-4-17-21(16-10-8-14(2)9-11-16)22(15(3)26)25-23(17)19-6-5-7-20-18(19)12-13-24-20/h5-13,24-25H,4H2,1-3H3. The SMILES string of the molecule is CCc1c(-c2cccc3[nH]ccc23)[nH]c(C(C)=O)c1-c1ccc(C)cc1. The molecule has 0 unspecified atom stereocenters. The zero-order valence-corrected chi connectivity index (χ0v) is 15.3. The lowest BCUT2D eigenvalue weighted by molar-refractivity contribution is 0.101. The van der Waals surface area contributed by atoms with Gasteiger partial charge in [-0.15, -0.1) is 0 Å². The molecule has 130 valence electrons. The molecule has 0 radical (unpaired) electrons. The van der Waals surface area contributed by atoms with Crippen LogP contribution in [0.1, 0.15) is 35.5 Å². The van der Waals surface area contributed by atoms with Gasteiger partial charge in [0, 0.05) is 35.2 Å². The first-order chi connectivity index (χ1) is 12.6. The summed E-state index contributed by atoms with van der Waals surface area (Å²) in [5.41, 5.74) is 8.47. The third-order valence-corrected chi connectivity index (χ3v) is 5.01. The molecular formula is C23H22N2O. The number of rotatable bonds is 4. The van der Waals surface area contributed by atoms with Gasteiger partial charge in [-0.1, -0.05) is 48.9 Å². The monoisotopic (exact) mass is 342 g/mol. The Labute approximate surface area is 153 Å². The summed E-state index contributed by atoms with van der Waals surface area (Å²) in [6.45, 7) is 5.85. The Morgan fingerprint density at radius 3 is 2.50 bits per heavy atom. The summed E-state index contributed by atoms with van der Waals surface area (Å²) in [5.74, 6) is 0.0581. The summed E-state index contributed by atoms with van der Waals surface area (Å²) in [6, 6.07) is 16.7. The molecule has 0 saturated carbocycles. The van der Waals surface area contributed by atoms with E-state index < -0.39 is 0 Å². The average molecular weight is 342 g/mol. The zero-order valence-electron chi connectivity index (χ0n) is 15.3. The number of aromatic nitrogens is 2. The second kappa shape index (κ2) is 6.34. The number of carbonyl (C=O) groups is 1. The number of H-pyrrole nitrogens is 2. The first kappa shape index (κ1) is 16.4. The van der Waals surface area contributed by atoms with E-state index >= 15 is 0 Å². The fraction of sp³-hybridized carbons (Fsp3) is 0.174. The van der Waals surface area contributed by atoms with Gasteiger partial charge in [-0.05, 0) is 36.6 Å². The zero-order chi connectivity index (χ0) is 18.3. The molecule has 2 heterocycles. The van der Waals surface area contributed by atoms with Crippen molar-refractivity contribution < 1.29 is 4.79 Å². The van der Waals surface area contributed by atoms with E-state index in [4.69, 9.17) is 0 Å². The molecule has 26 heavy (non-hydrogen) atoms. The van der Waals surface area contributed by atoms with E-state index in [1.54, 1.807) is 6.92 Å². The minimum absolute atomic E-state index is 0.0581. The Balaban J connectivity index is 2.03. The number of hydrogen-bond acceptors (Lipinski definition) is 1. The van der Waals surface area contributed by atoms with Crippen molar-refractivity contribution in [3.05, 3.63) is 71.5 Å². The van der Waals surface area contributed by atoms with Crippen LogP contribution in [0.2, 0.25) is 0 Å². The van der Waals surface area contributed by atoms with E-state index in [-0.39, 0.29) is 5.78 Å². The Morgan fingerprint density at radius 1 is 1.04 bits per heavy atom. The summed E-state index contributed by atoms with van der Waals surface area (Å²) >= 11 is 0. The maximum Gasteiger partial charge on any atom is 0.176 e. The van der Waals surface area contributed by atoms with Crippen molar-refractivity contribution in [1.29, 1.82) is 0 Å². The molecule has 0 spiro atoms. The summed E-state index contributed by atoms with van der Waals surface area (Å²) < 4.78 is 0. The molecule has 0 saturated heterocycles. The minimum atomic E-state index is 0.0581. The number of nitrogens with one attached hydrogen (secondary N) is 2. The average Bonchev–Trinajstić information content (AvgIpc) is 3.26. The molecule has 4 aromatic rings. The van der Waals surface area contributed by atoms with Crippen LogP contribution >= 0.6 is 0 Å². The lowest BCUT2D eigenvalue weighted by Crippen LogP contribution is -1.96. The van der Waals surface area contributed by atoms with E-state index in [2.05, 4.69) is 66.3 Å². The van der Waals surface area contributed by atoms with Gasteiger partial charge in [0.25, 0.3) is 0 Å². The maximum atomic E-state index is 12.4. The number of carbonyl (C=O) groups excluding carboxylic acids is 1. The van der Waals surface area contributed by atoms with Gasteiger partial charge in [-0.3, -0.25) is 4.79 Å². The normalized spacial score (nSPS) is 11.2. The quantitative estimate of drug-likeness (QED) is 0.445. The molecule has 0 amide bonds. The first-order valence-corrected chi connectivity index (χ1v) is 8.99. The fourth-order valence-corrected chi connectivity index (χ4v) is 3.73. The highest BCUT2D eigenvalue weighted by Gasteiger charge is 2.22. The number of aryl methyl sites for hydroxylation is 1. The third kappa shape index (κ3) is 2.57. The van der Waals surface area contributed by atoms with Crippen LogP contribution in [0, 0.1) is 6.92 Å². The number of benzene rings is 2. The van der Waals surface area contributed by atoms with Gasteiger partial charge in [-0.2, -0.15) is 0 Å². The lowest BCUT2D eigenvalue weighted by atomic mass is 9.94. The van der Waals surface area contributed by atoms with Crippen LogP contribution in [-0.2, 0) is 6.42 Å². The third-order valence-electron chi connectivity index (χ3n) is 5.01. The molecule has 0 aliphatic carbocycles. The summed E-state index contributed by atoms with van der Waals surface area (Å²) in [4.78, 5) is 19.1. The van der Waals surface area contributed by atoms with Crippen molar-refractivity contribution in [3.8, 4) is 22.4 Å². The van der Waals surface area contributed by atoms with Gasteiger partial charge in [0.2, 0.25) is 0 Å². The highest BCUT2D eigenvalue weighted by atomic mass is 16.1. The molecule has 0 fully saturated rings. The largest absolute Gasteiger partial charge is 0.361 e. The van der Waals surface area contributed by atoms with E-state index in [0.717, 1.165) is 39.7 Å². The molecule has 2 N–H and O–H groups in total. The molecule has 0 atom stereocenters. The molecule has 0 bridgehead atoms. The van der Waals surface area contributed by atoms with Crippen molar-refractivity contribution >= 4 is 16.7 Å². The summed E-state index contributed by atoms with van der Waals surface area (Å²) in [5, 5.41) is 1.16. The van der Waals surface area contributed by atoms with Crippen LogP contribution in [-0.4, -0.2) is 15.8 Å². The van der Waals surface area contributed by atoms with Gasteiger partial charge >= 0.3 is 0 Å². The van der Waals surface area contributed by atoms with Gasteiger partial charge in [0.1, 0.15) is 0 Å². The van der Waals surface area contributed by atoms with Crippen LogP contribution in [0.4, 0.5) is 0 Å². The maximum absolute atomic E-state index is 12.4. The fourth-order valence-electron chi connectivity index (χ4n) is 3.73. The van der Waals surface area contributed by atoms with Crippen molar-refractivity contribution in [2.75, 3.05) is 0 Å². The van der Waals surface area contributed by atoms with Crippen LogP contribution in [0.5, 0.6) is 0 Å². The number of ketones is 1. The number of aromatic amines is 2. The lowest BCUT2D eigenvalue weighted by Gasteiger charge is -2.08. The van der Waals surface area contributed by atoms with Gasteiger partial charge in [0.05, 0.1) is 11.4 Å². The van der Waals surface area contributed by atoms with Crippen molar-refractivity contribution in [1.82, 2.24) is 9.97 Å². The van der Waals surface area contributed by atoms with Crippen molar-refractivity contribution in [3.63, 3.8) is 0 Å². The Kier molecular flexibility index (Phi) is 4.00. The first-order valence-electron chi connectivity index (χ1n) is 8.99. The van der Waals surface area contributed by atoms with E-state index in [9.17, 15) is 4.79 Å². The van der Waals surface area contributed by atoms with E-state index in [1.165, 1.54) is 11.1 Å². The molecule has 3 heteroatoms. The molecular weight excluding hydrogens is 320 g/mol. The van der Waals surface area contributed by atoms with Gasteiger partial charge in [-0.25, -0.2) is 0 Å². The Bertz CT molecular complexity index is 1100. The molecule has 2 aromatic carbocycles. The van der Waals surface area contributed by atoms with Crippen LogP contribution in [0.15, 0.2) is 54.7 Å². The summed E-state index contributed by atoms with van der Waals surface area (Å²) in [6.07, 6.45) is 2.80. The van der Waals surface area contributed by atoms with Crippen LogP contribution in [0.3, 0.4) is 0 Å². The Hall–Kier alpha value is -3.07. The smallest absolute Gasteiger partial charge is 0.176 e. The van der Waals surface area contributed by atoms with Gasteiger partial charge in [0.15, 0.2) is 5.78 Å². The molecule has 3 nitrogen and oxygen atoms in total. The molecule has 2 aromatic heterocycles. The molecule has 4 rings (SSSR count). The van der Waals surface area contributed by atoms with Crippen molar-refractivity contribution in [2.45, 2.75) is 27.2 Å². The number of hydrogen-bond donors (Lipinski definition) is 2. The molecule has 0 aliphatic heterocycles. The second-order valence-electron chi connectivity index (χ2n) is 6.75. The topological polar surface area (TPSA) is 48.6 Å². The second-order valence-corrected chi connectivity index (χ2v) is 6.75. The van der Waals surface area contributed by atoms with Crippen molar-refractivity contribution in [2.24, 2.45) is 0 Å². The van der Waals surface area contributed by atoms with Gasteiger partial charge < -0.3 is 9.97 Å². The number of Topliss-reactive ketones (excluding diaryl/α,β-unsaturated/α-hetero) is 1. The predicted molar refractivity (Wildman–Crippen MR) is 108 cm³/mol. The van der Waals surface area contributed by atoms with Crippen LogP contribution in [0.25, 0.3) is 33.3 Å².